The van der Waals surface area contributed by atoms with E-state index in [0.29, 0.717) is 13.2 Å². The summed E-state index contributed by atoms with van der Waals surface area (Å²) in [5.74, 6) is 0.254. The minimum absolute atomic E-state index is 0.247. The van der Waals surface area contributed by atoms with E-state index in [-0.39, 0.29) is 11.6 Å². The molecule has 0 spiro atoms. The average molecular weight is 325 g/mol. The maximum absolute atomic E-state index is 12.8. The van der Waals surface area contributed by atoms with Crippen LogP contribution < -0.4 is 10.1 Å². The summed E-state index contributed by atoms with van der Waals surface area (Å²) in [6, 6.07) is 20.2. The number of ether oxygens (including phenoxy) is 1. The Morgan fingerprint density at radius 3 is 1.83 bits per heavy atom. The van der Waals surface area contributed by atoms with Crippen molar-refractivity contribution in [2.75, 3.05) is 5.32 Å². The molecule has 0 fully saturated rings. The molecule has 0 aromatic heterocycles. The second kappa shape index (κ2) is 7.59. The van der Waals surface area contributed by atoms with Crippen LogP contribution in [0.1, 0.15) is 11.1 Å². The lowest BCUT2D eigenvalue weighted by Gasteiger charge is -2.09. The second-order valence-electron chi connectivity index (χ2n) is 5.42. The lowest BCUT2D eigenvalue weighted by molar-refractivity contribution is 0.306. The number of anilines is 1. The van der Waals surface area contributed by atoms with Gasteiger partial charge < -0.3 is 10.1 Å². The Kier molecular flexibility index (Phi) is 5.06. The number of halogens is 2. The molecule has 0 unspecified atom stereocenters. The Bertz CT molecular complexity index is 700. The van der Waals surface area contributed by atoms with Gasteiger partial charge in [-0.1, -0.05) is 24.3 Å². The molecule has 1 N–H and O–H groups in total. The standard InChI is InChI=1S/C20H17F2NO/c21-17-5-1-16(2-6-17)14-24-20-11-3-15(4-12-20)13-23-19-9-7-18(22)8-10-19/h1-12,23H,13-14H2. The van der Waals surface area contributed by atoms with E-state index in [1.807, 2.05) is 24.3 Å². The van der Waals surface area contributed by atoms with Gasteiger partial charge in [-0.3, -0.25) is 0 Å². The summed E-state index contributed by atoms with van der Waals surface area (Å²) >= 11 is 0. The normalized spacial score (nSPS) is 10.4. The van der Waals surface area contributed by atoms with Gasteiger partial charge in [0.05, 0.1) is 0 Å². The van der Waals surface area contributed by atoms with Crippen LogP contribution in [0.25, 0.3) is 0 Å². The molecular formula is C20H17F2NO. The first kappa shape index (κ1) is 16.0. The third kappa shape index (κ3) is 4.56. The predicted octanol–water partition coefficient (Wildman–Crippen LogP) is 5.16. The van der Waals surface area contributed by atoms with Crippen LogP contribution in [0, 0.1) is 11.6 Å². The predicted molar refractivity (Wildman–Crippen MR) is 90.9 cm³/mol. The van der Waals surface area contributed by atoms with E-state index in [4.69, 9.17) is 4.74 Å². The highest BCUT2D eigenvalue weighted by atomic mass is 19.1. The Labute approximate surface area is 139 Å². The Balaban J connectivity index is 1.51. The molecule has 4 heteroatoms. The van der Waals surface area contributed by atoms with Crippen molar-refractivity contribution in [1.82, 2.24) is 0 Å². The first-order chi connectivity index (χ1) is 11.7. The molecule has 3 rings (SSSR count). The summed E-state index contributed by atoms with van der Waals surface area (Å²) < 4.78 is 31.4. The molecule has 0 amide bonds. The smallest absolute Gasteiger partial charge is 0.123 e. The second-order valence-corrected chi connectivity index (χ2v) is 5.42. The number of hydrogen-bond donors (Lipinski definition) is 1. The van der Waals surface area contributed by atoms with Crippen molar-refractivity contribution >= 4 is 5.69 Å². The van der Waals surface area contributed by atoms with Crippen LogP contribution in [0.2, 0.25) is 0 Å². The first-order valence-corrected chi connectivity index (χ1v) is 7.65. The SMILES string of the molecule is Fc1ccc(COc2ccc(CNc3ccc(F)cc3)cc2)cc1. The van der Waals surface area contributed by atoms with E-state index in [1.54, 1.807) is 24.3 Å². The lowest BCUT2D eigenvalue weighted by atomic mass is 10.2. The Morgan fingerprint density at radius 2 is 1.21 bits per heavy atom. The van der Waals surface area contributed by atoms with Crippen LogP contribution in [-0.4, -0.2) is 0 Å². The Morgan fingerprint density at radius 1 is 0.667 bits per heavy atom. The van der Waals surface area contributed by atoms with Crippen LogP contribution in [0.15, 0.2) is 72.8 Å². The maximum atomic E-state index is 12.8. The fourth-order valence-electron chi connectivity index (χ4n) is 2.22. The number of benzene rings is 3. The third-order valence-electron chi connectivity index (χ3n) is 3.58. The van der Waals surface area contributed by atoms with Crippen LogP contribution in [0.3, 0.4) is 0 Å². The van der Waals surface area contributed by atoms with Gasteiger partial charge >= 0.3 is 0 Å². The largest absolute Gasteiger partial charge is 0.489 e. The van der Waals surface area contributed by atoms with E-state index in [2.05, 4.69) is 5.32 Å². The highest BCUT2D eigenvalue weighted by Crippen LogP contribution is 2.16. The minimum Gasteiger partial charge on any atom is -0.489 e. The minimum atomic E-state index is -0.253. The first-order valence-electron chi connectivity index (χ1n) is 7.65. The van der Waals surface area contributed by atoms with Gasteiger partial charge in [0, 0.05) is 12.2 Å². The summed E-state index contributed by atoms with van der Waals surface area (Å²) in [4.78, 5) is 0. The fourth-order valence-corrected chi connectivity index (χ4v) is 2.22. The van der Waals surface area contributed by atoms with Gasteiger partial charge in [0.25, 0.3) is 0 Å². The molecule has 0 aliphatic rings. The lowest BCUT2D eigenvalue weighted by Crippen LogP contribution is -2.00. The molecular weight excluding hydrogens is 308 g/mol. The highest BCUT2D eigenvalue weighted by Gasteiger charge is 1.99. The molecule has 0 aliphatic carbocycles. The van der Waals surface area contributed by atoms with E-state index < -0.39 is 0 Å². The number of nitrogens with one attached hydrogen (secondary N) is 1. The molecule has 0 atom stereocenters. The molecule has 0 heterocycles. The van der Waals surface area contributed by atoms with E-state index in [1.165, 1.54) is 24.3 Å². The number of rotatable bonds is 6. The Hall–Kier alpha value is -2.88. The highest BCUT2D eigenvalue weighted by molar-refractivity contribution is 5.43. The van der Waals surface area contributed by atoms with Gasteiger partial charge in [0.1, 0.15) is 24.0 Å². The summed E-state index contributed by atoms with van der Waals surface area (Å²) in [5, 5.41) is 3.23. The average Bonchev–Trinajstić information content (AvgIpc) is 2.62. The molecule has 0 aliphatic heterocycles. The zero-order valence-electron chi connectivity index (χ0n) is 13.0. The van der Waals surface area contributed by atoms with Crippen molar-refractivity contribution in [2.24, 2.45) is 0 Å². The summed E-state index contributed by atoms with van der Waals surface area (Å²) in [6.45, 7) is 1.04. The summed E-state index contributed by atoms with van der Waals surface area (Å²) in [5.41, 5.74) is 2.87. The summed E-state index contributed by atoms with van der Waals surface area (Å²) in [6.07, 6.45) is 0. The zero-order valence-corrected chi connectivity index (χ0v) is 13.0. The maximum Gasteiger partial charge on any atom is 0.123 e. The molecule has 0 saturated carbocycles. The van der Waals surface area contributed by atoms with Crippen molar-refractivity contribution in [3.05, 3.63) is 95.6 Å². The fraction of sp³-hybridized carbons (Fsp3) is 0.100. The van der Waals surface area contributed by atoms with Gasteiger partial charge in [-0.05, 0) is 59.7 Å². The monoisotopic (exact) mass is 325 g/mol. The van der Waals surface area contributed by atoms with Crippen molar-refractivity contribution in [3.8, 4) is 5.75 Å². The van der Waals surface area contributed by atoms with Gasteiger partial charge in [0.15, 0.2) is 0 Å². The van der Waals surface area contributed by atoms with E-state index in [9.17, 15) is 8.78 Å². The zero-order chi connectivity index (χ0) is 16.8. The molecule has 0 bridgehead atoms. The quantitative estimate of drug-likeness (QED) is 0.676. The number of hydrogen-bond acceptors (Lipinski definition) is 2. The van der Waals surface area contributed by atoms with Gasteiger partial charge in [-0.15, -0.1) is 0 Å². The van der Waals surface area contributed by atoms with Crippen LogP contribution >= 0.6 is 0 Å². The van der Waals surface area contributed by atoms with Crippen molar-refractivity contribution < 1.29 is 13.5 Å². The van der Waals surface area contributed by atoms with Gasteiger partial charge in [-0.25, -0.2) is 8.78 Å². The van der Waals surface area contributed by atoms with Crippen molar-refractivity contribution in [1.29, 1.82) is 0 Å². The molecule has 3 aromatic carbocycles. The van der Waals surface area contributed by atoms with Crippen molar-refractivity contribution in [2.45, 2.75) is 13.2 Å². The van der Waals surface area contributed by atoms with Crippen LogP contribution in [0.5, 0.6) is 5.75 Å². The molecule has 0 radical (unpaired) electrons. The van der Waals surface area contributed by atoms with E-state index >= 15 is 0 Å². The molecule has 122 valence electrons. The van der Waals surface area contributed by atoms with Crippen molar-refractivity contribution in [3.63, 3.8) is 0 Å². The molecule has 0 saturated heterocycles. The topological polar surface area (TPSA) is 21.3 Å². The van der Waals surface area contributed by atoms with Gasteiger partial charge in [0.2, 0.25) is 0 Å². The summed E-state index contributed by atoms with van der Waals surface area (Å²) in [7, 11) is 0. The molecule has 24 heavy (non-hydrogen) atoms. The van der Waals surface area contributed by atoms with Crippen LogP contribution in [-0.2, 0) is 13.2 Å². The van der Waals surface area contributed by atoms with Gasteiger partial charge in [-0.2, -0.15) is 0 Å². The molecule has 2 nitrogen and oxygen atoms in total. The molecule has 3 aromatic rings. The van der Waals surface area contributed by atoms with E-state index in [0.717, 1.165) is 22.6 Å². The third-order valence-corrected chi connectivity index (χ3v) is 3.58. The van der Waals surface area contributed by atoms with Crippen LogP contribution in [0.4, 0.5) is 14.5 Å².